The molecule has 1 amide bonds. The van der Waals surface area contributed by atoms with Gasteiger partial charge in [-0.05, 0) is 11.5 Å². The lowest BCUT2D eigenvalue weighted by Crippen LogP contribution is -2.33. The van der Waals surface area contributed by atoms with E-state index in [-0.39, 0.29) is 10.7 Å². The molecule has 0 radical (unpaired) electrons. The predicted octanol–water partition coefficient (Wildman–Crippen LogP) is 1.02. The Bertz CT molecular complexity index is 307. The van der Waals surface area contributed by atoms with Crippen LogP contribution in [0, 0.1) is 0 Å². The molecule has 7 heteroatoms. The van der Waals surface area contributed by atoms with Crippen molar-refractivity contribution in [1.29, 1.82) is 0 Å². The van der Waals surface area contributed by atoms with Gasteiger partial charge in [-0.2, -0.15) is 0 Å². The molecule has 0 saturated heterocycles. The van der Waals surface area contributed by atoms with Crippen molar-refractivity contribution < 1.29 is 9.53 Å². The number of halogens is 1. The highest BCUT2D eigenvalue weighted by Crippen LogP contribution is 2.09. The maximum absolute atomic E-state index is 11.7. The van der Waals surface area contributed by atoms with E-state index in [1.807, 2.05) is 0 Å². The van der Waals surface area contributed by atoms with E-state index in [0.717, 1.165) is 11.5 Å². The summed E-state index contributed by atoms with van der Waals surface area (Å²) in [6.07, 6.45) is 1.48. The lowest BCUT2D eigenvalue weighted by Gasteiger charge is -2.19. The smallest absolute Gasteiger partial charge is 0.267 e. The molecule has 0 fully saturated rings. The molecule has 0 aromatic carbocycles. The van der Waals surface area contributed by atoms with Gasteiger partial charge in [0.25, 0.3) is 5.91 Å². The number of hydrogen-bond donors (Lipinski definition) is 0. The van der Waals surface area contributed by atoms with Gasteiger partial charge >= 0.3 is 0 Å². The fourth-order valence-corrected chi connectivity index (χ4v) is 2.27. The summed E-state index contributed by atoms with van der Waals surface area (Å²) >= 11 is 4.52. The van der Waals surface area contributed by atoms with Gasteiger partial charge in [0.05, 0.1) is 17.6 Å². The van der Waals surface area contributed by atoms with E-state index in [4.69, 9.17) is 4.74 Å². The van der Waals surface area contributed by atoms with Crippen molar-refractivity contribution >= 4 is 33.4 Å². The molecule has 0 aliphatic rings. The van der Waals surface area contributed by atoms with Crippen molar-refractivity contribution in [2.45, 2.75) is 4.83 Å². The van der Waals surface area contributed by atoms with Crippen molar-refractivity contribution in [2.24, 2.45) is 0 Å². The Morgan fingerprint density at radius 2 is 2.53 bits per heavy atom. The third kappa shape index (κ3) is 3.84. The second-order valence-electron chi connectivity index (χ2n) is 3.02. The van der Waals surface area contributed by atoms with Gasteiger partial charge in [-0.15, -0.1) is 5.10 Å². The fourth-order valence-electron chi connectivity index (χ4n) is 1.06. The molecule has 0 bridgehead atoms. The van der Waals surface area contributed by atoms with Crippen LogP contribution in [0.1, 0.15) is 9.67 Å². The highest BCUT2D eigenvalue weighted by Gasteiger charge is 2.16. The first-order valence-corrected chi connectivity index (χ1v) is 6.00. The minimum Gasteiger partial charge on any atom is -0.383 e. The summed E-state index contributed by atoms with van der Waals surface area (Å²) in [6, 6.07) is 0. The number of carbonyl (C=O) groups is 1. The van der Waals surface area contributed by atoms with E-state index in [0.29, 0.717) is 18.0 Å². The molecule has 0 N–H and O–H groups in total. The SMILES string of the molecule is COCC(Br)CN(C)C(=O)c1cnns1. The van der Waals surface area contributed by atoms with Crippen LogP contribution in [0.4, 0.5) is 0 Å². The Hall–Kier alpha value is -0.530. The number of alkyl halides is 1. The third-order valence-electron chi connectivity index (χ3n) is 1.74. The van der Waals surface area contributed by atoms with Gasteiger partial charge in [0, 0.05) is 20.7 Å². The number of amides is 1. The lowest BCUT2D eigenvalue weighted by atomic mass is 10.4. The van der Waals surface area contributed by atoms with Crippen LogP contribution in [-0.2, 0) is 4.74 Å². The summed E-state index contributed by atoms with van der Waals surface area (Å²) < 4.78 is 8.62. The van der Waals surface area contributed by atoms with Crippen LogP contribution in [0.2, 0.25) is 0 Å². The molecule has 84 valence electrons. The number of aromatic nitrogens is 2. The van der Waals surface area contributed by atoms with Gasteiger partial charge in [-0.25, -0.2) is 0 Å². The second-order valence-corrected chi connectivity index (χ2v) is 5.10. The average Bonchev–Trinajstić information content (AvgIpc) is 2.69. The second kappa shape index (κ2) is 6.14. The number of ether oxygens (including phenoxy) is 1. The van der Waals surface area contributed by atoms with Crippen LogP contribution in [0.5, 0.6) is 0 Å². The topological polar surface area (TPSA) is 55.3 Å². The molecule has 0 aliphatic carbocycles. The molecule has 1 heterocycles. The van der Waals surface area contributed by atoms with Crippen molar-refractivity contribution in [1.82, 2.24) is 14.5 Å². The molecule has 1 rings (SSSR count). The maximum atomic E-state index is 11.7. The molecule has 5 nitrogen and oxygen atoms in total. The first-order chi connectivity index (χ1) is 7.15. The van der Waals surface area contributed by atoms with Gasteiger partial charge in [0.2, 0.25) is 0 Å². The molecule has 1 unspecified atom stereocenters. The Morgan fingerprint density at radius 3 is 3.07 bits per heavy atom. The Labute approximate surface area is 101 Å². The zero-order valence-corrected chi connectivity index (χ0v) is 10.9. The standard InChI is InChI=1S/C8H12BrN3O2S/c1-12(4-6(9)5-14-2)8(13)7-3-10-11-15-7/h3,6H,4-5H2,1-2H3. The molecular weight excluding hydrogens is 282 g/mol. The maximum Gasteiger partial charge on any atom is 0.267 e. The number of carbonyl (C=O) groups excluding carboxylic acids is 1. The van der Waals surface area contributed by atoms with Gasteiger partial charge in [0.15, 0.2) is 0 Å². The zero-order chi connectivity index (χ0) is 11.3. The van der Waals surface area contributed by atoms with E-state index in [1.165, 1.54) is 6.20 Å². The van der Waals surface area contributed by atoms with Gasteiger partial charge in [0.1, 0.15) is 4.88 Å². The molecule has 1 atom stereocenters. The van der Waals surface area contributed by atoms with Crippen LogP contribution < -0.4 is 0 Å². The molecule has 0 spiro atoms. The van der Waals surface area contributed by atoms with Gasteiger partial charge in [-0.3, -0.25) is 4.79 Å². The van der Waals surface area contributed by atoms with Crippen LogP contribution in [0.3, 0.4) is 0 Å². The van der Waals surface area contributed by atoms with Crippen LogP contribution in [0.25, 0.3) is 0 Å². The van der Waals surface area contributed by atoms with E-state index >= 15 is 0 Å². The quantitative estimate of drug-likeness (QED) is 0.761. The number of methoxy groups -OCH3 is 1. The summed E-state index contributed by atoms with van der Waals surface area (Å²) in [5.41, 5.74) is 0. The largest absolute Gasteiger partial charge is 0.383 e. The lowest BCUT2D eigenvalue weighted by molar-refractivity contribution is 0.0788. The van der Waals surface area contributed by atoms with Crippen LogP contribution in [-0.4, -0.2) is 52.5 Å². The number of rotatable bonds is 5. The summed E-state index contributed by atoms with van der Waals surface area (Å²) in [7, 11) is 3.37. The van der Waals surface area contributed by atoms with E-state index < -0.39 is 0 Å². The summed E-state index contributed by atoms with van der Waals surface area (Å²) in [5, 5.41) is 3.63. The normalized spacial score (nSPS) is 12.5. The summed E-state index contributed by atoms with van der Waals surface area (Å²) in [5.74, 6) is -0.0643. The first-order valence-electron chi connectivity index (χ1n) is 4.31. The molecule has 1 aromatic rings. The van der Waals surface area contributed by atoms with E-state index in [9.17, 15) is 4.79 Å². The van der Waals surface area contributed by atoms with Crippen LogP contribution >= 0.6 is 27.5 Å². The fraction of sp³-hybridized carbons (Fsp3) is 0.625. The van der Waals surface area contributed by atoms with E-state index in [1.54, 1.807) is 19.1 Å². The van der Waals surface area contributed by atoms with Crippen LogP contribution in [0.15, 0.2) is 6.20 Å². The summed E-state index contributed by atoms with van der Waals surface area (Å²) in [6.45, 7) is 1.16. The molecule has 1 aromatic heterocycles. The van der Waals surface area contributed by atoms with Crippen molar-refractivity contribution in [2.75, 3.05) is 27.3 Å². The Kier molecular flexibility index (Phi) is 5.13. The number of nitrogens with zero attached hydrogens (tertiary/aromatic N) is 3. The summed E-state index contributed by atoms with van der Waals surface area (Å²) in [4.78, 5) is 14.0. The Morgan fingerprint density at radius 1 is 1.80 bits per heavy atom. The molecule has 0 aliphatic heterocycles. The monoisotopic (exact) mass is 293 g/mol. The number of hydrogen-bond acceptors (Lipinski definition) is 5. The molecule has 0 saturated carbocycles. The van der Waals surface area contributed by atoms with Crippen molar-refractivity contribution in [3.05, 3.63) is 11.1 Å². The minimum atomic E-state index is -0.0643. The van der Waals surface area contributed by atoms with E-state index in [2.05, 4.69) is 25.5 Å². The highest BCUT2D eigenvalue weighted by atomic mass is 79.9. The van der Waals surface area contributed by atoms with Gasteiger partial charge < -0.3 is 9.64 Å². The average molecular weight is 294 g/mol. The third-order valence-corrected chi connectivity index (χ3v) is 2.94. The first kappa shape index (κ1) is 12.5. The van der Waals surface area contributed by atoms with Crippen molar-refractivity contribution in [3.63, 3.8) is 0 Å². The minimum absolute atomic E-state index is 0.0643. The van der Waals surface area contributed by atoms with Crippen molar-refractivity contribution in [3.8, 4) is 0 Å². The molecular formula is C8H12BrN3O2S. The van der Waals surface area contributed by atoms with Gasteiger partial charge in [-0.1, -0.05) is 20.4 Å². The highest BCUT2D eigenvalue weighted by molar-refractivity contribution is 9.09. The zero-order valence-electron chi connectivity index (χ0n) is 8.51. The molecule has 15 heavy (non-hydrogen) atoms. The Balaban J connectivity index is 2.47. The predicted molar refractivity (Wildman–Crippen MR) is 61.5 cm³/mol.